The number of ketones is 1. The fraction of sp³-hybridized carbons (Fsp3) is 0.214. The average Bonchev–Trinajstić information content (AvgIpc) is 3.00. The first kappa shape index (κ1) is 14.8. The topological polar surface area (TPSA) is 99.0 Å². The van der Waals surface area contributed by atoms with Gasteiger partial charge < -0.3 is 10.1 Å². The molecule has 0 saturated carbocycles. The number of hydrogen-bond donors (Lipinski definition) is 1. The smallest absolute Gasteiger partial charge is 0.357 e. The van der Waals surface area contributed by atoms with E-state index in [2.05, 4.69) is 20.8 Å². The van der Waals surface area contributed by atoms with E-state index in [9.17, 15) is 14.0 Å². The number of carbonyl (C=O) groups excluding carboxylic acids is 2. The van der Waals surface area contributed by atoms with E-state index in [1.54, 1.807) is 6.07 Å². The Hall–Kier alpha value is -3.10. The number of methoxy groups -OCH3 is 1. The Kier molecular flexibility index (Phi) is 3.61. The van der Waals surface area contributed by atoms with Gasteiger partial charge in [-0.1, -0.05) is 23.3 Å². The summed E-state index contributed by atoms with van der Waals surface area (Å²) in [5.41, 5.74) is 0.0992. The largest absolute Gasteiger partial charge is 0.464 e. The van der Waals surface area contributed by atoms with Crippen molar-refractivity contribution in [1.82, 2.24) is 20.2 Å². The van der Waals surface area contributed by atoms with Crippen molar-refractivity contribution in [2.45, 2.75) is 13.0 Å². The standard InChI is InChI=1S/C14H12FN5O3/c1-7(21)10-11(8-5-3-4-6-9(8)15)16-14-17-18-19-20(14)12(10)13(22)23-2/h3-6,11H,1-2H3,(H,16,17,19)/t11-/m0/s1. The maximum absolute atomic E-state index is 14.2. The molecule has 8 nitrogen and oxygen atoms in total. The van der Waals surface area contributed by atoms with Crippen molar-refractivity contribution in [2.24, 2.45) is 0 Å². The van der Waals surface area contributed by atoms with Crippen molar-refractivity contribution in [3.63, 3.8) is 0 Å². The Labute approximate surface area is 129 Å². The number of benzene rings is 1. The number of halogens is 1. The summed E-state index contributed by atoms with van der Waals surface area (Å²) < 4.78 is 20.0. The Morgan fingerprint density at radius 3 is 2.74 bits per heavy atom. The van der Waals surface area contributed by atoms with Crippen LogP contribution in [-0.4, -0.2) is 39.1 Å². The van der Waals surface area contributed by atoms with Gasteiger partial charge in [-0.25, -0.2) is 9.18 Å². The molecular weight excluding hydrogens is 305 g/mol. The number of carbonyl (C=O) groups is 2. The first-order valence-electron chi connectivity index (χ1n) is 6.67. The molecule has 0 aliphatic carbocycles. The van der Waals surface area contributed by atoms with Crippen LogP contribution in [0.2, 0.25) is 0 Å². The van der Waals surface area contributed by atoms with Crippen LogP contribution in [0.15, 0.2) is 29.8 Å². The summed E-state index contributed by atoms with van der Waals surface area (Å²) in [7, 11) is 1.18. The van der Waals surface area contributed by atoms with Gasteiger partial charge in [0.15, 0.2) is 11.5 Å². The minimum atomic E-state index is -0.902. The Balaban J connectivity index is 2.28. The molecule has 0 saturated heterocycles. The van der Waals surface area contributed by atoms with Crippen LogP contribution < -0.4 is 5.32 Å². The molecule has 1 aromatic carbocycles. The molecule has 0 radical (unpaired) electrons. The molecule has 9 heteroatoms. The molecule has 3 rings (SSSR count). The first-order chi connectivity index (χ1) is 11.0. The molecule has 1 aliphatic heterocycles. The van der Waals surface area contributed by atoms with Crippen molar-refractivity contribution in [1.29, 1.82) is 0 Å². The number of rotatable bonds is 3. The van der Waals surface area contributed by atoms with Gasteiger partial charge in [0, 0.05) is 5.56 Å². The van der Waals surface area contributed by atoms with E-state index in [0.717, 1.165) is 4.68 Å². The fourth-order valence-electron chi connectivity index (χ4n) is 2.49. The van der Waals surface area contributed by atoms with Crippen molar-refractivity contribution in [3.8, 4) is 0 Å². The predicted octanol–water partition coefficient (Wildman–Crippen LogP) is 0.952. The highest BCUT2D eigenvalue weighted by Crippen LogP contribution is 2.36. The lowest BCUT2D eigenvalue weighted by atomic mass is 9.92. The van der Waals surface area contributed by atoms with Crippen molar-refractivity contribution >= 4 is 23.4 Å². The third-order valence-electron chi connectivity index (χ3n) is 3.47. The molecule has 1 aromatic heterocycles. The highest BCUT2D eigenvalue weighted by atomic mass is 19.1. The number of tetrazole rings is 1. The number of ether oxygens (including phenoxy) is 1. The van der Waals surface area contributed by atoms with Crippen LogP contribution >= 0.6 is 0 Å². The molecule has 0 amide bonds. The predicted molar refractivity (Wildman–Crippen MR) is 76.5 cm³/mol. The number of fused-ring (bicyclic) bond motifs is 1. The molecule has 0 bridgehead atoms. The van der Waals surface area contributed by atoms with E-state index >= 15 is 0 Å². The lowest BCUT2D eigenvalue weighted by molar-refractivity contribution is -0.134. The Bertz CT molecular complexity index is 829. The normalized spacial score (nSPS) is 16.6. The Morgan fingerprint density at radius 2 is 2.09 bits per heavy atom. The molecule has 1 aliphatic rings. The zero-order chi connectivity index (χ0) is 16.6. The summed E-state index contributed by atoms with van der Waals surface area (Å²) >= 11 is 0. The van der Waals surface area contributed by atoms with Crippen LogP contribution in [0.5, 0.6) is 0 Å². The van der Waals surface area contributed by atoms with Gasteiger partial charge >= 0.3 is 5.97 Å². The van der Waals surface area contributed by atoms with Crippen LogP contribution in [0.1, 0.15) is 18.5 Å². The zero-order valence-corrected chi connectivity index (χ0v) is 12.3. The van der Waals surface area contributed by atoms with E-state index in [-0.39, 0.29) is 22.8 Å². The number of esters is 1. The molecule has 2 aromatic rings. The highest BCUT2D eigenvalue weighted by molar-refractivity contribution is 6.20. The zero-order valence-electron chi connectivity index (χ0n) is 12.3. The molecule has 0 spiro atoms. The van der Waals surface area contributed by atoms with Gasteiger partial charge in [0.2, 0.25) is 5.95 Å². The first-order valence-corrected chi connectivity index (χ1v) is 6.67. The van der Waals surface area contributed by atoms with Gasteiger partial charge in [-0.05, 0) is 23.4 Å². The van der Waals surface area contributed by atoms with Crippen molar-refractivity contribution in [2.75, 3.05) is 12.4 Å². The lowest BCUT2D eigenvalue weighted by Gasteiger charge is -2.27. The molecular formula is C14H12FN5O3. The quantitative estimate of drug-likeness (QED) is 0.841. The van der Waals surface area contributed by atoms with Crippen LogP contribution in [-0.2, 0) is 14.3 Å². The molecule has 1 N–H and O–H groups in total. The second-order valence-electron chi connectivity index (χ2n) is 4.82. The molecule has 2 heterocycles. The van der Waals surface area contributed by atoms with Crippen molar-refractivity contribution < 1.29 is 18.7 Å². The molecule has 1 atom stereocenters. The van der Waals surface area contributed by atoms with Gasteiger partial charge in [-0.2, -0.15) is 4.68 Å². The minimum absolute atomic E-state index is 0.0294. The maximum Gasteiger partial charge on any atom is 0.357 e. The van der Waals surface area contributed by atoms with Crippen LogP contribution in [0.3, 0.4) is 0 Å². The molecule has 0 fully saturated rings. The Morgan fingerprint density at radius 1 is 1.35 bits per heavy atom. The number of hydrogen-bond acceptors (Lipinski definition) is 7. The van der Waals surface area contributed by atoms with E-state index < -0.39 is 23.6 Å². The van der Waals surface area contributed by atoms with Crippen LogP contribution in [0.25, 0.3) is 5.70 Å². The van der Waals surface area contributed by atoms with E-state index in [0.29, 0.717) is 0 Å². The van der Waals surface area contributed by atoms with Gasteiger partial charge in [0.25, 0.3) is 0 Å². The summed E-state index contributed by atoms with van der Waals surface area (Å²) in [6.07, 6.45) is 0. The average molecular weight is 317 g/mol. The number of nitrogens with one attached hydrogen (secondary N) is 1. The van der Waals surface area contributed by atoms with E-state index in [1.807, 2.05) is 0 Å². The van der Waals surface area contributed by atoms with Gasteiger partial charge in [-0.15, -0.1) is 0 Å². The minimum Gasteiger partial charge on any atom is -0.464 e. The SMILES string of the molecule is COC(=O)C1=C(C(C)=O)[C@H](c2ccccc2F)Nc2nnnn21. The molecule has 118 valence electrons. The second kappa shape index (κ2) is 5.59. The van der Waals surface area contributed by atoms with Gasteiger partial charge in [-0.3, -0.25) is 4.79 Å². The van der Waals surface area contributed by atoms with Crippen LogP contribution in [0, 0.1) is 5.82 Å². The maximum atomic E-state index is 14.2. The third-order valence-corrected chi connectivity index (χ3v) is 3.47. The number of nitrogens with zero attached hydrogens (tertiary/aromatic N) is 4. The number of aromatic nitrogens is 4. The number of Topliss-reactive ketones (excluding diaryl/α,β-unsaturated/α-hetero) is 1. The summed E-state index contributed by atoms with van der Waals surface area (Å²) in [5.74, 6) is -1.61. The van der Waals surface area contributed by atoms with Crippen molar-refractivity contribution in [3.05, 3.63) is 41.2 Å². The van der Waals surface area contributed by atoms with Crippen LogP contribution in [0.4, 0.5) is 10.3 Å². The summed E-state index contributed by atoms with van der Waals surface area (Å²) in [5, 5.41) is 13.8. The molecule has 0 unspecified atom stereocenters. The summed E-state index contributed by atoms with van der Waals surface area (Å²) in [6.45, 7) is 1.28. The van der Waals surface area contributed by atoms with E-state index in [4.69, 9.17) is 4.74 Å². The van der Waals surface area contributed by atoms with Gasteiger partial charge in [0.1, 0.15) is 5.82 Å². The summed E-state index contributed by atoms with van der Waals surface area (Å²) in [4.78, 5) is 24.3. The lowest BCUT2D eigenvalue weighted by Crippen LogP contribution is -2.31. The monoisotopic (exact) mass is 317 g/mol. The molecule has 23 heavy (non-hydrogen) atoms. The third kappa shape index (κ3) is 2.35. The van der Waals surface area contributed by atoms with Gasteiger partial charge in [0.05, 0.1) is 18.7 Å². The second-order valence-corrected chi connectivity index (χ2v) is 4.82. The highest BCUT2D eigenvalue weighted by Gasteiger charge is 2.37. The fourth-order valence-corrected chi connectivity index (χ4v) is 2.49. The number of anilines is 1. The summed E-state index contributed by atoms with van der Waals surface area (Å²) in [6, 6.07) is 5.05. The van der Waals surface area contributed by atoms with E-state index in [1.165, 1.54) is 32.2 Å².